The van der Waals surface area contributed by atoms with Crippen LogP contribution in [0, 0.1) is 0 Å². The fraction of sp³-hybridized carbons (Fsp3) is 0.556. The molecule has 6 nitrogen and oxygen atoms in total. The van der Waals surface area contributed by atoms with Gasteiger partial charge in [0.15, 0.2) is 0 Å². The summed E-state index contributed by atoms with van der Waals surface area (Å²) in [5, 5.41) is 17.8. The lowest BCUT2D eigenvalue weighted by atomic mass is 9.94. The molecule has 0 heterocycles. The van der Waals surface area contributed by atoms with Crippen molar-refractivity contribution in [3.8, 4) is 0 Å². The van der Waals surface area contributed by atoms with Crippen molar-refractivity contribution in [3.05, 3.63) is 35.9 Å². The first-order valence-corrected chi connectivity index (χ1v) is 8.57. The van der Waals surface area contributed by atoms with Crippen molar-refractivity contribution in [3.63, 3.8) is 0 Å². The Morgan fingerprint density at radius 1 is 1.17 bits per heavy atom. The van der Waals surface area contributed by atoms with Crippen LogP contribution in [0.15, 0.2) is 30.3 Å². The van der Waals surface area contributed by atoms with E-state index in [1.54, 1.807) is 0 Å². The van der Waals surface area contributed by atoms with Crippen LogP contribution in [-0.2, 0) is 4.79 Å². The summed E-state index contributed by atoms with van der Waals surface area (Å²) in [6.45, 7) is 2.83. The molecule has 24 heavy (non-hydrogen) atoms. The fourth-order valence-electron chi connectivity index (χ4n) is 3.30. The van der Waals surface area contributed by atoms with E-state index < -0.39 is 5.97 Å². The zero-order valence-electron chi connectivity index (χ0n) is 14.2. The predicted molar refractivity (Wildman–Crippen MR) is 92.8 cm³/mol. The highest BCUT2D eigenvalue weighted by molar-refractivity contribution is 5.75. The third kappa shape index (κ3) is 5.53. The molecule has 1 fully saturated rings. The summed E-state index contributed by atoms with van der Waals surface area (Å²) in [4.78, 5) is 22.3. The van der Waals surface area contributed by atoms with Crippen molar-refractivity contribution in [2.75, 3.05) is 13.1 Å². The van der Waals surface area contributed by atoms with Gasteiger partial charge in [0.05, 0.1) is 6.42 Å². The van der Waals surface area contributed by atoms with Crippen LogP contribution < -0.4 is 16.0 Å². The van der Waals surface area contributed by atoms with E-state index in [0.29, 0.717) is 6.54 Å². The van der Waals surface area contributed by atoms with Gasteiger partial charge in [0.2, 0.25) is 0 Å². The Kier molecular flexibility index (Phi) is 6.61. The predicted octanol–water partition coefficient (Wildman–Crippen LogP) is 2.42. The molecule has 0 bridgehead atoms. The first-order valence-electron chi connectivity index (χ1n) is 8.57. The second-order valence-corrected chi connectivity index (χ2v) is 6.52. The van der Waals surface area contributed by atoms with Crippen molar-refractivity contribution >= 4 is 12.0 Å². The standard InChI is InChI=1S/C18H27N3O3/c1-14(15-7-3-2-4-8-15)21-18(10-5-6-11-18)13-20-17(24)19-12-9-16(22)23/h2-4,7-8,14,21H,5-6,9-13H2,1H3,(H,22,23)(H2,19,20,24). The molecule has 1 unspecified atom stereocenters. The number of aliphatic carboxylic acids is 1. The highest BCUT2D eigenvalue weighted by atomic mass is 16.4. The Morgan fingerprint density at radius 2 is 1.83 bits per heavy atom. The minimum atomic E-state index is -0.916. The van der Waals surface area contributed by atoms with E-state index in [2.05, 4.69) is 35.0 Å². The molecular weight excluding hydrogens is 306 g/mol. The van der Waals surface area contributed by atoms with E-state index >= 15 is 0 Å². The number of carboxylic acid groups (broad SMARTS) is 1. The summed E-state index contributed by atoms with van der Waals surface area (Å²) in [6.07, 6.45) is 4.29. The average molecular weight is 333 g/mol. The molecule has 2 rings (SSSR count). The summed E-state index contributed by atoms with van der Waals surface area (Å²) in [7, 11) is 0. The maximum absolute atomic E-state index is 11.8. The number of carbonyl (C=O) groups excluding carboxylic acids is 1. The lowest BCUT2D eigenvalue weighted by Crippen LogP contribution is -2.54. The Morgan fingerprint density at radius 3 is 2.46 bits per heavy atom. The quantitative estimate of drug-likeness (QED) is 0.588. The molecule has 0 aromatic heterocycles. The van der Waals surface area contributed by atoms with Gasteiger partial charge >= 0.3 is 12.0 Å². The van der Waals surface area contributed by atoms with Crippen LogP contribution >= 0.6 is 0 Å². The largest absolute Gasteiger partial charge is 0.481 e. The van der Waals surface area contributed by atoms with E-state index in [4.69, 9.17) is 5.11 Å². The smallest absolute Gasteiger partial charge is 0.314 e. The number of carbonyl (C=O) groups is 2. The van der Waals surface area contributed by atoms with Crippen molar-refractivity contribution in [2.45, 2.75) is 50.6 Å². The van der Waals surface area contributed by atoms with Crippen LogP contribution in [0.3, 0.4) is 0 Å². The third-order valence-corrected chi connectivity index (χ3v) is 4.59. The van der Waals surface area contributed by atoms with E-state index in [9.17, 15) is 9.59 Å². The molecule has 2 amide bonds. The number of rotatable bonds is 8. The van der Waals surface area contributed by atoms with Crippen LogP contribution in [0.25, 0.3) is 0 Å². The minimum Gasteiger partial charge on any atom is -0.481 e. The SMILES string of the molecule is CC(NC1(CNC(=O)NCCC(=O)O)CCCC1)c1ccccc1. The van der Waals surface area contributed by atoms with E-state index in [0.717, 1.165) is 25.7 Å². The van der Waals surface area contributed by atoms with Crippen LogP contribution in [0.5, 0.6) is 0 Å². The second-order valence-electron chi connectivity index (χ2n) is 6.52. The zero-order valence-corrected chi connectivity index (χ0v) is 14.2. The molecule has 1 aliphatic carbocycles. The zero-order chi connectivity index (χ0) is 17.4. The molecule has 6 heteroatoms. The molecule has 132 valence electrons. The molecule has 1 aromatic rings. The third-order valence-electron chi connectivity index (χ3n) is 4.59. The van der Waals surface area contributed by atoms with Crippen LogP contribution in [0.4, 0.5) is 4.79 Å². The van der Waals surface area contributed by atoms with Crippen LogP contribution in [-0.4, -0.2) is 35.7 Å². The first-order chi connectivity index (χ1) is 11.5. The number of hydrogen-bond acceptors (Lipinski definition) is 3. The molecule has 1 atom stereocenters. The fourth-order valence-corrected chi connectivity index (χ4v) is 3.30. The molecule has 1 aliphatic rings. The lowest BCUT2D eigenvalue weighted by Gasteiger charge is -2.34. The van der Waals surface area contributed by atoms with Gasteiger partial charge in [0, 0.05) is 24.7 Å². The van der Waals surface area contributed by atoms with Gasteiger partial charge in [-0.05, 0) is 25.3 Å². The summed E-state index contributed by atoms with van der Waals surface area (Å²) in [5.74, 6) is -0.916. The van der Waals surface area contributed by atoms with E-state index in [-0.39, 0.29) is 30.6 Å². The summed E-state index contributed by atoms with van der Waals surface area (Å²) < 4.78 is 0. The van der Waals surface area contributed by atoms with Gasteiger partial charge in [-0.2, -0.15) is 0 Å². The Labute approximate surface area is 143 Å². The Balaban J connectivity index is 1.86. The van der Waals surface area contributed by atoms with Gasteiger partial charge < -0.3 is 21.1 Å². The number of carboxylic acids is 1. The molecule has 0 aliphatic heterocycles. The van der Waals surface area contributed by atoms with E-state index in [1.165, 1.54) is 5.56 Å². The number of benzene rings is 1. The monoisotopic (exact) mass is 333 g/mol. The highest BCUT2D eigenvalue weighted by Crippen LogP contribution is 2.31. The maximum Gasteiger partial charge on any atom is 0.314 e. The molecule has 0 saturated heterocycles. The van der Waals surface area contributed by atoms with Crippen molar-refractivity contribution < 1.29 is 14.7 Å². The Hall–Kier alpha value is -2.08. The minimum absolute atomic E-state index is 0.0676. The summed E-state index contributed by atoms with van der Waals surface area (Å²) in [6, 6.07) is 10.2. The van der Waals surface area contributed by atoms with Crippen LogP contribution in [0.2, 0.25) is 0 Å². The van der Waals surface area contributed by atoms with Crippen molar-refractivity contribution in [1.82, 2.24) is 16.0 Å². The van der Waals surface area contributed by atoms with Crippen molar-refractivity contribution in [2.24, 2.45) is 0 Å². The van der Waals surface area contributed by atoms with Crippen molar-refractivity contribution in [1.29, 1.82) is 0 Å². The van der Waals surface area contributed by atoms with Gasteiger partial charge in [-0.1, -0.05) is 43.2 Å². The van der Waals surface area contributed by atoms with Gasteiger partial charge in [-0.25, -0.2) is 4.79 Å². The van der Waals surface area contributed by atoms with E-state index in [1.807, 2.05) is 18.2 Å². The molecule has 1 saturated carbocycles. The Bertz CT molecular complexity index is 542. The maximum atomic E-state index is 11.8. The second kappa shape index (κ2) is 8.68. The first kappa shape index (κ1) is 18.3. The number of urea groups is 1. The van der Waals surface area contributed by atoms with Gasteiger partial charge in [0.25, 0.3) is 0 Å². The lowest BCUT2D eigenvalue weighted by molar-refractivity contribution is -0.136. The number of hydrogen-bond donors (Lipinski definition) is 4. The molecule has 0 spiro atoms. The number of nitrogens with one attached hydrogen (secondary N) is 3. The normalized spacial score (nSPS) is 17.2. The molecule has 1 aromatic carbocycles. The molecular formula is C18H27N3O3. The summed E-state index contributed by atoms with van der Waals surface area (Å²) in [5.41, 5.74) is 1.13. The van der Waals surface area contributed by atoms with Gasteiger partial charge in [0.1, 0.15) is 0 Å². The molecule has 0 radical (unpaired) electrons. The highest BCUT2D eigenvalue weighted by Gasteiger charge is 2.35. The molecule has 4 N–H and O–H groups in total. The average Bonchev–Trinajstić information content (AvgIpc) is 3.02. The van der Waals surface area contributed by atoms with Crippen LogP contribution in [0.1, 0.15) is 50.6 Å². The topological polar surface area (TPSA) is 90.5 Å². The summed E-state index contributed by atoms with van der Waals surface area (Å²) >= 11 is 0. The number of amides is 2. The van der Waals surface area contributed by atoms with Gasteiger partial charge in [-0.3, -0.25) is 4.79 Å². The van der Waals surface area contributed by atoms with Gasteiger partial charge in [-0.15, -0.1) is 0 Å².